The molecule has 1 rings (SSSR count). The van der Waals surface area contributed by atoms with Crippen LogP contribution < -0.4 is 5.56 Å². The molecule has 0 bridgehead atoms. The normalized spacial score (nSPS) is 11.5. The lowest BCUT2D eigenvalue weighted by atomic mass is 10.2. The number of H-pyrrole nitrogens is 1. The van der Waals surface area contributed by atoms with E-state index < -0.39 is 17.3 Å². The highest BCUT2D eigenvalue weighted by Crippen LogP contribution is 2.26. The predicted octanol–water partition coefficient (Wildman–Crippen LogP) is 2.72. The van der Waals surface area contributed by atoms with E-state index in [0.29, 0.717) is 0 Å². The molecule has 0 fully saturated rings. The van der Waals surface area contributed by atoms with E-state index in [1.807, 2.05) is 4.98 Å². The van der Waals surface area contributed by atoms with Crippen molar-refractivity contribution in [3.8, 4) is 0 Å². The van der Waals surface area contributed by atoms with E-state index >= 15 is 0 Å². The van der Waals surface area contributed by atoms with Gasteiger partial charge in [-0.15, -0.1) is 0 Å². The summed E-state index contributed by atoms with van der Waals surface area (Å²) in [7, 11) is 0. The van der Waals surface area contributed by atoms with Gasteiger partial charge in [0, 0.05) is 17.7 Å². The van der Waals surface area contributed by atoms with E-state index in [0.717, 1.165) is 12.3 Å². The Kier molecular flexibility index (Phi) is 3.95. The van der Waals surface area contributed by atoms with E-state index in [9.17, 15) is 18.0 Å². The number of aromatic amines is 1. The summed E-state index contributed by atoms with van der Waals surface area (Å²) in [6.45, 7) is 0.0248. The van der Waals surface area contributed by atoms with E-state index in [-0.39, 0.29) is 12.1 Å². The Morgan fingerprint density at radius 2 is 2.24 bits per heavy atom. The lowest BCUT2D eigenvalue weighted by Crippen LogP contribution is -2.21. The summed E-state index contributed by atoms with van der Waals surface area (Å²) in [4.78, 5) is 15.4. The fourth-order valence-electron chi connectivity index (χ4n) is 1.08. The summed E-state index contributed by atoms with van der Waals surface area (Å²) >= 11 is 0. The van der Waals surface area contributed by atoms with E-state index in [1.54, 1.807) is 0 Å². The zero-order valence-corrected chi connectivity index (χ0v) is 8.40. The highest BCUT2D eigenvalue weighted by molar-refractivity contribution is 5.49. The SMILES string of the molecule is [N-]=[N+]=NCC=Cc1c[nH]c(=O)c(C(F)(F)F)c1. The number of azide groups is 1. The van der Waals surface area contributed by atoms with Crippen molar-refractivity contribution in [2.75, 3.05) is 6.54 Å². The number of rotatable bonds is 3. The van der Waals surface area contributed by atoms with Crippen LogP contribution in [0.4, 0.5) is 13.2 Å². The largest absolute Gasteiger partial charge is 0.421 e. The molecule has 0 saturated heterocycles. The Bertz CT molecular complexity index is 526. The first-order valence-corrected chi connectivity index (χ1v) is 4.42. The van der Waals surface area contributed by atoms with Gasteiger partial charge in [-0.3, -0.25) is 4.79 Å². The first-order valence-electron chi connectivity index (χ1n) is 4.42. The maximum Gasteiger partial charge on any atom is 0.421 e. The van der Waals surface area contributed by atoms with Crippen LogP contribution in [-0.2, 0) is 6.18 Å². The van der Waals surface area contributed by atoms with Gasteiger partial charge in [-0.25, -0.2) is 0 Å². The number of nitrogens with one attached hydrogen (secondary N) is 1. The molecule has 0 spiro atoms. The maximum atomic E-state index is 12.4. The average molecular weight is 244 g/mol. The molecule has 0 saturated carbocycles. The average Bonchev–Trinajstić information content (AvgIpc) is 2.25. The minimum atomic E-state index is -4.69. The van der Waals surface area contributed by atoms with Crippen LogP contribution in [-0.4, -0.2) is 11.5 Å². The Morgan fingerprint density at radius 3 is 2.82 bits per heavy atom. The van der Waals surface area contributed by atoms with Gasteiger partial charge in [0.25, 0.3) is 5.56 Å². The van der Waals surface area contributed by atoms with Gasteiger partial charge in [0.2, 0.25) is 0 Å². The van der Waals surface area contributed by atoms with Gasteiger partial charge < -0.3 is 4.98 Å². The van der Waals surface area contributed by atoms with Crippen LogP contribution in [0.3, 0.4) is 0 Å². The van der Waals surface area contributed by atoms with E-state index in [1.165, 1.54) is 12.2 Å². The van der Waals surface area contributed by atoms with Crippen molar-refractivity contribution in [3.63, 3.8) is 0 Å². The highest BCUT2D eigenvalue weighted by atomic mass is 19.4. The van der Waals surface area contributed by atoms with Gasteiger partial charge in [0.1, 0.15) is 5.56 Å². The topological polar surface area (TPSA) is 81.6 Å². The van der Waals surface area contributed by atoms with E-state index in [4.69, 9.17) is 5.53 Å². The fourth-order valence-corrected chi connectivity index (χ4v) is 1.08. The van der Waals surface area contributed by atoms with Crippen LogP contribution in [0.2, 0.25) is 0 Å². The van der Waals surface area contributed by atoms with Crippen molar-refractivity contribution in [1.29, 1.82) is 0 Å². The van der Waals surface area contributed by atoms with Crippen LogP contribution in [0, 0.1) is 0 Å². The molecular formula is C9H7F3N4O. The van der Waals surface area contributed by atoms with Crippen molar-refractivity contribution in [2.24, 2.45) is 5.11 Å². The predicted molar refractivity (Wildman–Crippen MR) is 55.1 cm³/mol. The van der Waals surface area contributed by atoms with E-state index in [2.05, 4.69) is 10.0 Å². The lowest BCUT2D eigenvalue weighted by Gasteiger charge is -2.05. The molecule has 1 heterocycles. The molecule has 90 valence electrons. The molecule has 1 aromatic rings. The van der Waals surface area contributed by atoms with Crippen LogP contribution in [0.25, 0.3) is 16.5 Å². The van der Waals surface area contributed by atoms with Gasteiger partial charge in [0.05, 0.1) is 0 Å². The summed E-state index contributed by atoms with van der Waals surface area (Å²) in [5.74, 6) is 0. The third kappa shape index (κ3) is 3.69. The first kappa shape index (κ1) is 12.9. The van der Waals surface area contributed by atoms with Gasteiger partial charge in [-0.1, -0.05) is 17.3 Å². The maximum absolute atomic E-state index is 12.4. The number of aromatic nitrogens is 1. The molecule has 0 amide bonds. The molecule has 0 radical (unpaired) electrons. The third-order valence-electron chi connectivity index (χ3n) is 1.79. The Hall–Kier alpha value is -2.21. The number of nitrogens with zero attached hydrogens (tertiary/aromatic N) is 3. The lowest BCUT2D eigenvalue weighted by molar-refractivity contribution is -0.138. The first-order chi connectivity index (χ1) is 7.95. The second kappa shape index (κ2) is 5.22. The zero-order chi connectivity index (χ0) is 12.9. The molecule has 0 unspecified atom stereocenters. The molecule has 8 heteroatoms. The number of pyridine rings is 1. The number of halogens is 3. The molecule has 0 aliphatic rings. The number of hydrogen-bond acceptors (Lipinski definition) is 2. The molecule has 1 N–H and O–H groups in total. The van der Waals surface area contributed by atoms with Crippen LogP contribution in [0.1, 0.15) is 11.1 Å². The fraction of sp³-hybridized carbons (Fsp3) is 0.222. The Balaban J connectivity index is 3.01. The number of alkyl halides is 3. The molecule has 1 aromatic heterocycles. The van der Waals surface area contributed by atoms with Gasteiger partial charge in [-0.05, 0) is 17.2 Å². The Morgan fingerprint density at radius 1 is 1.53 bits per heavy atom. The van der Waals surface area contributed by atoms with Gasteiger partial charge >= 0.3 is 6.18 Å². The van der Waals surface area contributed by atoms with Crippen molar-refractivity contribution in [2.45, 2.75) is 6.18 Å². The van der Waals surface area contributed by atoms with Gasteiger partial charge in [-0.2, -0.15) is 13.2 Å². The summed E-state index contributed by atoms with van der Waals surface area (Å²) in [6.07, 6.45) is -0.847. The number of hydrogen-bond donors (Lipinski definition) is 1. The summed E-state index contributed by atoms with van der Waals surface area (Å²) in [6, 6.07) is 0.728. The van der Waals surface area contributed by atoms with Gasteiger partial charge in [0.15, 0.2) is 0 Å². The molecule has 0 aliphatic heterocycles. The molecule has 0 atom stereocenters. The second-order valence-corrected chi connectivity index (χ2v) is 2.99. The van der Waals surface area contributed by atoms with Crippen LogP contribution in [0.15, 0.2) is 28.2 Å². The van der Waals surface area contributed by atoms with Crippen LogP contribution >= 0.6 is 0 Å². The standard InChI is InChI=1S/C9H7F3N4O/c10-9(11,12)7-4-6(5-14-8(7)17)2-1-3-15-16-13/h1-2,4-5H,3H2,(H,14,17). The quantitative estimate of drug-likeness (QED) is 0.495. The smallest absolute Gasteiger partial charge is 0.328 e. The molecule has 17 heavy (non-hydrogen) atoms. The monoisotopic (exact) mass is 244 g/mol. The molecule has 0 aromatic carbocycles. The summed E-state index contributed by atoms with van der Waals surface area (Å²) < 4.78 is 37.1. The zero-order valence-electron chi connectivity index (χ0n) is 8.40. The van der Waals surface area contributed by atoms with Crippen molar-refractivity contribution in [3.05, 3.63) is 50.3 Å². The molecular weight excluding hydrogens is 237 g/mol. The van der Waals surface area contributed by atoms with Crippen LogP contribution in [0.5, 0.6) is 0 Å². The minimum absolute atomic E-state index is 0.0248. The summed E-state index contributed by atoms with van der Waals surface area (Å²) in [5, 5.41) is 3.18. The van der Waals surface area contributed by atoms with Crippen molar-refractivity contribution in [1.82, 2.24) is 4.98 Å². The molecule has 5 nitrogen and oxygen atoms in total. The third-order valence-corrected chi connectivity index (χ3v) is 1.79. The Labute approximate surface area is 93.2 Å². The molecule has 0 aliphatic carbocycles. The highest BCUT2D eigenvalue weighted by Gasteiger charge is 2.33. The van der Waals surface area contributed by atoms with Crippen molar-refractivity contribution >= 4 is 6.08 Å². The summed E-state index contributed by atoms with van der Waals surface area (Å²) in [5.41, 5.74) is 5.70. The van der Waals surface area contributed by atoms with Crippen molar-refractivity contribution < 1.29 is 13.2 Å². The second-order valence-electron chi connectivity index (χ2n) is 2.99. The minimum Gasteiger partial charge on any atom is -0.328 e.